The smallest absolute Gasteiger partial charge is 0.322 e. The number of carbonyl (C=O) groups excluding carboxylic acids is 1. The van der Waals surface area contributed by atoms with Crippen LogP contribution in [0.3, 0.4) is 0 Å². The molecule has 3 nitrogen and oxygen atoms in total. The van der Waals surface area contributed by atoms with E-state index < -0.39 is 6.04 Å². The van der Waals surface area contributed by atoms with Crippen LogP contribution in [-0.2, 0) is 9.53 Å². The number of hydrogen-bond donors (Lipinski definition) is 1. The standard InChI is InChI=1S/C11H21NO2/c1-14-11(13)10(12)8-9-6-4-2-3-5-7-9/h9-10H,2-8,12H2,1H3. The first-order valence-electron chi connectivity index (χ1n) is 5.57. The molecule has 1 unspecified atom stereocenters. The van der Waals surface area contributed by atoms with Crippen molar-refractivity contribution in [2.75, 3.05) is 7.11 Å². The van der Waals surface area contributed by atoms with Gasteiger partial charge in [0.15, 0.2) is 0 Å². The highest BCUT2D eigenvalue weighted by Gasteiger charge is 2.20. The molecule has 1 aliphatic rings. The second-order valence-corrected chi connectivity index (χ2v) is 4.22. The molecule has 0 aromatic heterocycles. The molecule has 0 amide bonds. The summed E-state index contributed by atoms with van der Waals surface area (Å²) in [6.07, 6.45) is 8.51. The number of rotatable bonds is 3. The van der Waals surface area contributed by atoms with Crippen LogP contribution >= 0.6 is 0 Å². The Morgan fingerprint density at radius 3 is 2.43 bits per heavy atom. The van der Waals surface area contributed by atoms with Gasteiger partial charge in [0.2, 0.25) is 0 Å². The Morgan fingerprint density at radius 1 is 1.36 bits per heavy atom. The molecule has 1 aliphatic carbocycles. The molecule has 3 heteroatoms. The third-order valence-corrected chi connectivity index (χ3v) is 3.07. The average molecular weight is 199 g/mol. The Labute approximate surface area is 86.0 Å². The van der Waals surface area contributed by atoms with E-state index in [1.165, 1.54) is 45.6 Å². The van der Waals surface area contributed by atoms with Crippen LogP contribution in [0.5, 0.6) is 0 Å². The van der Waals surface area contributed by atoms with E-state index in [0.29, 0.717) is 5.92 Å². The van der Waals surface area contributed by atoms with Gasteiger partial charge in [-0.05, 0) is 12.3 Å². The molecule has 1 rings (SSSR count). The van der Waals surface area contributed by atoms with Gasteiger partial charge in [-0.25, -0.2) is 0 Å². The third kappa shape index (κ3) is 3.66. The van der Waals surface area contributed by atoms with Gasteiger partial charge in [0.25, 0.3) is 0 Å². The molecule has 1 fully saturated rings. The van der Waals surface area contributed by atoms with Gasteiger partial charge in [-0.1, -0.05) is 38.5 Å². The van der Waals surface area contributed by atoms with E-state index in [1.807, 2.05) is 0 Å². The molecule has 1 saturated carbocycles. The SMILES string of the molecule is COC(=O)C(N)CC1CCCCCC1. The number of hydrogen-bond acceptors (Lipinski definition) is 3. The molecule has 0 aromatic rings. The van der Waals surface area contributed by atoms with E-state index in [2.05, 4.69) is 4.74 Å². The number of ether oxygens (including phenoxy) is 1. The van der Waals surface area contributed by atoms with Gasteiger partial charge < -0.3 is 10.5 Å². The summed E-state index contributed by atoms with van der Waals surface area (Å²) in [6.45, 7) is 0. The Balaban J connectivity index is 2.30. The van der Waals surface area contributed by atoms with Gasteiger partial charge in [0.1, 0.15) is 6.04 Å². The van der Waals surface area contributed by atoms with E-state index in [1.54, 1.807) is 0 Å². The number of esters is 1. The van der Waals surface area contributed by atoms with Crippen molar-refractivity contribution in [1.82, 2.24) is 0 Å². The van der Waals surface area contributed by atoms with E-state index in [-0.39, 0.29) is 5.97 Å². The minimum absolute atomic E-state index is 0.269. The fourth-order valence-corrected chi connectivity index (χ4v) is 2.21. The zero-order valence-electron chi connectivity index (χ0n) is 9.00. The molecule has 82 valence electrons. The highest BCUT2D eigenvalue weighted by Crippen LogP contribution is 2.26. The van der Waals surface area contributed by atoms with Crippen LogP contribution in [0.1, 0.15) is 44.9 Å². The lowest BCUT2D eigenvalue weighted by atomic mass is 9.93. The first-order chi connectivity index (χ1) is 6.74. The van der Waals surface area contributed by atoms with Gasteiger partial charge in [0, 0.05) is 0 Å². The molecule has 0 heterocycles. The van der Waals surface area contributed by atoms with E-state index >= 15 is 0 Å². The van der Waals surface area contributed by atoms with Crippen LogP contribution in [-0.4, -0.2) is 19.1 Å². The van der Waals surface area contributed by atoms with Gasteiger partial charge in [-0.15, -0.1) is 0 Å². The maximum atomic E-state index is 11.1. The minimum atomic E-state index is -0.414. The van der Waals surface area contributed by atoms with Crippen molar-refractivity contribution < 1.29 is 9.53 Å². The summed E-state index contributed by atoms with van der Waals surface area (Å²) in [5, 5.41) is 0. The lowest BCUT2D eigenvalue weighted by Crippen LogP contribution is -2.33. The summed E-state index contributed by atoms with van der Waals surface area (Å²) in [5.74, 6) is 0.362. The topological polar surface area (TPSA) is 52.3 Å². The molecular formula is C11H21NO2. The monoisotopic (exact) mass is 199 g/mol. The van der Waals surface area contributed by atoms with Crippen LogP contribution in [0, 0.1) is 5.92 Å². The second-order valence-electron chi connectivity index (χ2n) is 4.22. The number of methoxy groups -OCH3 is 1. The quantitative estimate of drug-likeness (QED) is 0.557. The number of nitrogens with two attached hydrogens (primary N) is 1. The summed E-state index contributed by atoms with van der Waals surface area (Å²) in [5.41, 5.74) is 5.74. The van der Waals surface area contributed by atoms with Crippen molar-refractivity contribution in [3.63, 3.8) is 0 Å². The predicted molar refractivity (Wildman–Crippen MR) is 55.8 cm³/mol. The maximum Gasteiger partial charge on any atom is 0.322 e. The van der Waals surface area contributed by atoms with Crippen molar-refractivity contribution in [2.24, 2.45) is 11.7 Å². The Bertz CT molecular complexity index is 174. The maximum absolute atomic E-state index is 11.1. The molecule has 14 heavy (non-hydrogen) atoms. The van der Waals surface area contributed by atoms with Crippen LogP contribution in [0.2, 0.25) is 0 Å². The molecule has 0 radical (unpaired) electrons. The van der Waals surface area contributed by atoms with Crippen molar-refractivity contribution in [2.45, 2.75) is 51.0 Å². The first-order valence-corrected chi connectivity index (χ1v) is 5.57. The molecule has 0 bridgehead atoms. The molecule has 0 saturated heterocycles. The Kier molecular flexibility index (Phi) is 4.94. The molecular weight excluding hydrogens is 178 g/mol. The van der Waals surface area contributed by atoms with Gasteiger partial charge >= 0.3 is 5.97 Å². The molecule has 2 N–H and O–H groups in total. The van der Waals surface area contributed by atoms with E-state index in [0.717, 1.165) is 6.42 Å². The second kappa shape index (κ2) is 6.02. The average Bonchev–Trinajstić information content (AvgIpc) is 2.45. The lowest BCUT2D eigenvalue weighted by Gasteiger charge is -2.17. The van der Waals surface area contributed by atoms with Crippen molar-refractivity contribution >= 4 is 5.97 Å². The van der Waals surface area contributed by atoms with Crippen molar-refractivity contribution in [3.05, 3.63) is 0 Å². The molecule has 1 atom stereocenters. The van der Waals surface area contributed by atoms with Crippen LogP contribution < -0.4 is 5.73 Å². The summed E-state index contributed by atoms with van der Waals surface area (Å²) >= 11 is 0. The minimum Gasteiger partial charge on any atom is -0.468 e. The zero-order chi connectivity index (χ0) is 10.4. The summed E-state index contributed by atoms with van der Waals surface area (Å²) < 4.78 is 4.62. The zero-order valence-corrected chi connectivity index (χ0v) is 9.00. The van der Waals surface area contributed by atoms with Gasteiger partial charge in [0.05, 0.1) is 7.11 Å². The Hall–Kier alpha value is -0.570. The normalized spacial score (nSPS) is 21.3. The molecule has 0 spiro atoms. The fraction of sp³-hybridized carbons (Fsp3) is 0.909. The van der Waals surface area contributed by atoms with Crippen molar-refractivity contribution in [3.8, 4) is 0 Å². The molecule has 0 aliphatic heterocycles. The van der Waals surface area contributed by atoms with Crippen LogP contribution in [0.15, 0.2) is 0 Å². The van der Waals surface area contributed by atoms with Gasteiger partial charge in [-0.2, -0.15) is 0 Å². The molecule has 0 aromatic carbocycles. The highest BCUT2D eigenvalue weighted by molar-refractivity contribution is 5.75. The summed E-state index contributed by atoms with van der Waals surface area (Å²) in [7, 11) is 1.40. The predicted octanol–water partition coefficient (Wildman–Crippen LogP) is 1.85. The lowest BCUT2D eigenvalue weighted by molar-refractivity contribution is -0.142. The third-order valence-electron chi connectivity index (χ3n) is 3.07. The summed E-state index contributed by atoms with van der Waals surface area (Å²) in [4.78, 5) is 11.1. The fourth-order valence-electron chi connectivity index (χ4n) is 2.21. The number of carbonyl (C=O) groups is 1. The first kappa shape index (κ1) is 11.5. The highest BCUT2D eigenvalue weighted by atomic mass is 16.5. The van der Waals surface area contributed by atoms with Crippen molar-refractivity contribution in [1.29, 1.82) is 0 Å². The Morgan fingerprint density at radius 2 is 1.93 bits per heavy atom. The van der Waals surface area contributed by atoms with Gasteiger partial charge in [-0.3, -0.25) is 4.79 Å². The largest absolute Gasteiger partial charge is 0.468 e. The van der Waals surface area contributed by atoms with Crippen LogP contribution in [0.4, 0.5) is 0 Å². The van der Waals surface area contributed by atoms with E-state index in [4.69, 9.17) is 5.73 Å². The summed E-state index contributed by atoms with van der Waals surface area (Å²) in [6, 6.07) is -0.414. The van der Waals surface area contributed by atoms with Crippen LogP contribution in [0.25, 0.3) is 0 Å². The van der Waals surface area contributed by atoms with E-state index in [9.17, 15) is 4.79 Å².